The van der Waals surface area contributed by atoms with Crippen LogP contribution < -0.4 is 15.5 Å². The van der Waals surface area contributed by atoms with E-state index in [-0.39, 0.29) is 16.5 Å². The lowest BCUT2D eigenvalue weighted by Gasteiger charge is -2.07. The molecule has 1 aromatic heterocycles. The number of carbonyl (C=O) groups excluding carboxylic acids is 2. The summed E-state index contributed by atoms with van der Waals surface area (Å²) < 4.78 is 1.59. The van der Waals surface area contributed by atoms with E-state index in [2.05, 4.69) is 25.8 Å². The summed E-state index contributed by atoms with van der Waals surface area (Å²) in [5, 5.41) is 14.0. The van der Waals surface area contributed by atoms with E-state index < -0.39 is 5.91 Å². The van der Waals surface area contributed by atoms with E-state index in [0.29, 0.717) is 28.5 Å². The summed E-state index contributed by atoms with van der Waals surface area (Å²) >= 11 is 6.13. The molecular formula is C24H19ClN7O2+. The normalized spacial score (nSPS) is 10.3. The summed E-state index contributed by atoms with van der Waals surface area (Å²) in [6.45, 7) is 0. The molecule has 0 unspecified atom stereocenters. The summed E-state index contributed by atoms with van der Waals surface area (Å²) in [7, 11) is 1.75. The molecule has 4 rings (SSSR count). The Morgan fingerprint density at radius 2 is 1.71 bits per heavy atom. The molecule has 168 valence electrons. The van der Waals surface area contributed by atoms with Gasteiger partial charge in [0.1, 0.15) is 11.3 Å². The topological polar surface area (TPSA) is 126 Å². The van der Waals surface area contributed by atoms with Crippen LogP contribution in [0.3, 0.4) is 0 Å². The van der Waals surface area contributed by atoms with Crippen molar-refractivity contribution in [1.29, 1.82) is 5.53 Å². The molecule has 9 nitrogen and oxygen atoms in total. The number of amides is 2. The van der Waals surface area contributed by atoms with Gasteiger partial charge in [0, 0.05) is 29.9 Å². The Hall–Kier alpha value is -4.59. The lowest BCUT2D eigenvalue weighted by atomic mass is 10.1. The molecule has 4 aromatic rings. The smallest absolute Gasteiger partial charge is 0.257 e. The van der Waals surface area contributed by atoms with Crippen LogP contribution in [0, 0.1) is 5.53 Å². The van der Waals surface area contributed by atoms with E-state index in [9.17, 15) is 9.59 Å². The highest BCUT2D eigenvalue weighted by atomic mass is 35.5. The molecule has 1 heterocycles. The third-order valence-electron chi connectivity index (χ3n) is 4.96. The first-order chi connectivity index (χ1) is 16.4. The van der Waals surface area contributed by atoms with Crippen molar-refractivity contribution in [2.45, 2.75) is 0 Å². The van der Waals surface area contributed by atoms with Gasteiger partial charge in [-0.15, -0.1) is 0 Å². The maximum atomic E-state index is 12.6. The molecule has 0 spiro atoms. The Labute approximate surface area is 199 Å². The molecule has 0 aliphatic rings. The third-order valence-corrected chi connectivity index (χ3v) is 5.29. The summed E-state index contributed by atoms with van der Waals surface area (Å²) in [4.78, 5) is 28.0. The van der Waals surface area contributed by atoms with Gasteiger partial charge < -0.3 is 10.6 Å². The van der Waals surface area contributed by atoms with Crippen LogP contribution in [0.25, 0.3) is 11.3 Å². The lowest BCUT2D eigenvalue weighted by Crippen LogP contribution is -2.14. The van der Waals surface area contributed by atoms with E-state index in [1.807, 2.05) is 18.2 Å². The number of benzene rings is 3. The Morgan fingerprint density at radius 3 is 2.41 bits per heavy atom. The first-order valence-corrected chi connectivity index (χ1v) is 10.5. The number of rotatable bonds is 6. The molecule has 0 bridgehead atoms. The van der Waals surface area contributed by atoms with Crippen LogP contribution in [0.15, 0.2) is 84.0 Å². The van der Waals surface area contributed by atoms with E-state index in [4.69, 9.17) is 17.1 Å². The maximum absolute atomic E-state index is 12.6. The molecule has 0 atom stereocenters. The van der Waals surface area contributed by atoms with Crippen LogP contribution in [0.2, 0.25) is 5.02 Å². The second-order valence-corrected chi connectivity index (χ2v) is 7.66. The van der Waals surface area contributed by atoms with E-state index >= 15 is 0 Å². The Bertz CT molecular complexity index is 1410. The molecule has 3 N–H and O–H groups in total. The van der Waals surface area contributed by atoms with Crippen LogP contribution in [-0.4, -0.2) is 21.6 Å². The van der Waals surface area contributed by atoms with Crippen molar-refractivity contribution in [1.82, 2.24) is 14.7 Å². The monoisotopic (exact) mass is 472 g/mol. The van der Waals surface area contributed by atoms with Crippen molar-refractivity contribution < 1.29 is 9.59 Å². The highest BCUT2D eigenvalue weighted by Gasteiger charge is 2.14. The van der Waals surface area contributed by atoms with Gasteiger partial charge in [0.25, 0.3) is 11.8 Å². The molecule has 0 radical (unpaired) electrons. The van der Waals surface area contributed by atoms with Gasteiger partial charge in [0.05, 0.1) is 16.3 Å². The minimum absolute atomic E-state index is 0.221. The number of anilines is 2. The van der Waals surface area contributed by atoms with Crippen molar-refractivity contribution in [2.75, 3.05) is 10.6 Å². The zero-order valence-electron chi connectivity index (χ0n) is 18.0. The van der Waals surface area contributed by atoms with E-state index in [1.165, 1.54) is 12.1 Å². The number of nitrogens with one attached hydrogen (secondary N) is 3. The third kappa shape index (κ3) is 5.07. The van der Waals surface area contributed by atoms with Crippen molar-refractivity contribution in [2.24, 2.45) is 12.2 Å². The van der Waals surface area contributed by atoms with Crippen LogP contribution in [0.1, 0.15) is 20.7 Å². The van der Waals surface area contributed by atoms with Gasteiger partial charge in [0.15, 0.2) is 10.8 Å². The quantitative estimate of drug-likeness (QED) is 0.256. The zero-order valence-corrected chi connectivity index (χ0v) is 18.7. The van der Waals surface area contributed by atoms with Crippen LogP contribution >= 0.6 is 11.6 Å². The lowest BCUT2D eigenvalue weighted by molar-refractivity contribution is 0.101. The first-order valence-electron chi connectivity index (χ1n) is 10.1. The molecule has 0 fully saturated rings. The van der Waals surface area contributed by atoms with Gasteiger partial charge in [-0.25, -0.2) is 0 Å². The second-order valence-electron chi connectivity index (χ2n) is 7.25. The minimum atomic E-state index is -0.413. The molecule has 34 heavy (non-hydrogen) atoms. The number of carbonyl (C=O) groups is 2. The average Bonchev–Trinajstić information content (AvgIpc) is 3.21. The molecule has 0 aliphatic carbocycles. The predicted octanol–water partition coefficient (Wildman–Crippen LogP) is 5.43. The fourth-order valence-electron chi connectivity index (χ4n) is 3.23. The number of aromatic nitrogens is 2. The fourth-order valence-corrected chi connectivity index (χ4v) is 3.44. The highest BCUT2D eigenvalue weighted by molar-refractivity contribution is 6.34. The Morgan fingerprint density at radius 1 is 0.971 bits per heavy atom. The highest BCUT2D eigenvalue weighted by Crippen LogP contribution is 2.26. The Balaban J connectivity index is 1.47. The average molecular weight is 473 g/mol. The molecular weight excluding hydrogens is 454 g/mol. The van der Waals surface area contributed by atoms with Gasteiger partial charge in [-0.3, -0.25) is 14.3 Å². The largest absolute Gasteiger partial charge is 0.322 e. The van der Waals surface area contributed by atoms with Gasteiger partial charge in [-0.05, 0) is 42.5 Å². The zero-order chi connectivity index (χ0) is 24.1. The molecule has 10 heteroatoms. The standard InChI is InChI=1S/C24H18ClN7O2/c1-32-22(28-23(33)16-5-3-2-4-6-16)14-21(30-32)15-7-9-17(10-8-15)27-24(34)19-13-18(29-31-26)11-12-20(19)25/h2-14,26H,1H3,(H-,27,28,30,33,34)/p+1. The predicted molar refractivity (Wildman–Crippen MR) is 129 cm³/mol. The summed E-state index contributed by atoms with van der Waals surface area (Å²) in [6.07, 6.45) is 0. The summed E-state index contributed by atoms with van der Waals surface area (Å²) in [5.74, 6) is -0.0794. The SMILES string of the molecule is Cn1nc(-c2ccc(NC(=O)c3cc(N=[N+]=N)ccc3Cl)cc2)cc1NC(=O)c1ccccc1. The number of aryl methyl sites for hydroxylation is 1. The van der Waals surface area contributed by atoms with Gasteiger partial charge in [-0.1, -0.05) is 41.9 Å². The number of halogens is 1. The molecule has 0 saturated heterocycles. The molecule has 3 aromatic carbocycles. The van der Waals surface area contributed by atoms with Gasteiger partial charge in [-0.2, -0.15) is 5.10 Å². The number of hydrogen-bond acceptors (Lipinski definition) is 5. The van der Waals surface area contributed by atoms with E-state index in [1.54, 1.807) is 60.3 Å². The van der Waals surface area contributed by atoms with Crippen LogP contribution in [0.4, 0.5) is 17.2 Å². The van der Waals surface area contributed by atoms with Crippen molar-refractivity contribution in [3.05, 3.63) is 95.0 Å². The minimum Gasteiger partial charge on any atom is -0.322 e. The van der Waals surface area contributed by atoms with Crippen LogP contribution in [-0.2, 0) is 7.05 Å². The van der Waals surface area contributed by atoms with Crippen molar-refractivity contribution in [3.8, 4) is 11.3 Å². The van der Waals surface area contributed by atoms with Crippen LogP contribution in [0.5, 0.6) is 0 Å². The second kappa shape index (κ2) is 9.91. The number of hydrogen-bond donors (Lipinski definition) is 3. The van der Waals surface area contributed by atoms with Crippen molar-refractivity contribution >= 4 is 40.6 Å². The van der Waals surface area contributed by atoms with Gasteiger partial charge >= 0.3 is 0 Å². The molecule has 0 aliphatic heterocycles. The maximum Gasteiger partial charge on any atom is 0.257 e. The van der Waals surface area contributed by atoms with Gasteiger partial charge in [0.2, 0.25) is 4.91 Å². The van der Waals surface area contributed by atoms with E-state index in [0.717, 1.165) is 5.56 Å². The first kappa shape index (κ1) is 22.6. The summed E-state index contributed by atoms with van der Waals surface area (Å²) in [5.41, 5.74) is 9.99. The van der Waals surface area contributed by atoms with Crippen molar-refractivity contribution in [3.63, 3.8) is 0 Å². The Kier molecular flexibility index (Phi) is 6.59. The molecule has 0 saturated carbocycles. The molecule has 2 amide bonds. The number of nitrogens with zero attached hydrogens (tertiary/aromatic N) is 4. The summed E-state index contributed by atoms with van der Waals surface area (Å²) in [6, 6.07) is 22.4. The fraction of sp³-hybridized carbons (Fsp3) is 0.0417.